The second-order valence-corrected chi connectivity index (χ2v) is 9.23. The Labute approximate surface area is 216 Å². The highest BCUT2D eigenvalue weighted by atomic mass is 35.5. The van der Waals surface area contributed by atoms with Gasteiger partial charge >= 0.3 is 11.9 Å². The molecule has 1 aliphatic rings. The van der Waals surface area contributed by atoms with Crippen molar-refractivity contribution in [2.45, 2.75) is 37.4 Å². The fourth-order valence-corrected chi connectivity index (χ4v) is 4.47. The van der Waals surface area contributed by atoms with Crippen LogP contribution in [-0.4, -0.2) is 55.4 Å². The molecule has 1 saturated heterocycles. The van der Waals surface area contributed by atoms with Gasteiger partial charge in [-0.1, -0.05) is 48.0 Å². The normalized spacial score (nSPS) is 25.2. The van der Waals surface area contributed by atoms with Crippen molar-refractivity contribution < 1.29 is 28.2 Å². The number of imidazole rings is 1. The van der Waals surface area contributed by atoms with E-state index < -0.39 is 35.5 Å². The summed E-state index contributed by atoms with van der Waals surface area (Å²) in [5, 5.41) is 0.0916. The minimum atomic E-state index is -2.33. The molecule has 3 heterocycles. The smallest absolute Gasteiger partial charge is 0.338 e. The first-order chi connectivity index (χ1) is 17.7. The fourth-order valence-electron chi connectivity index (χ4n) is 4.29. The summed E-state index contributed by atoms with van der Waals surface area (Å²) in [7, 11) is 0. The number of carbonyl (C=O) groups excluding carboxylic acids is 2. The lowest BCUT2D eigenvalue weighted by atomic mass is 9.84. The number of benzene rings is 2. The topological polar surface area (TPSA) is 105 Å². The van der Waals surface area contributed by atoms with Gasteiger partial charge in [-0.15, -0.1) is 0 Å². The monoisotopic (exact) mass is 524 g/mol. The summed E-state index contributed by atoms with van der Waals surface area (Å²) in [6.07, 6.45) is 0.0205. The van der Waals surface area contributed by atoms with Crippen LogP contribution in [0, 0.1) is 0 Å². The highest BCUT2D eigenvalue weighted by molar-refractivity contribution is 6.33. The van der Waals surface area contributed by atoms with E-state index in [9.17, 15) is 9.59 Å². The number of alkyl halides is 1. The number of nitrogens with zero attached hydrogens (tertiary/aromatic N) is 4. The molecule has 11 heteroatoms. The molecular weight excluding hydrogens is 503 g/mol. The summed E-state index contributed by atoms with van der Waals surface area (Å²) >= 11 is 6.12. The molecule has 2 aromatic carbocycles. The molecule has 0 N–H and O–H groups in total. The number of aromatic nitrogens is 4. The van der Waals surface area contributed by atoms with Gasteiger partial charge in [-0.2, -0.15) is 0 Å². The van der Waals surface area contributed by atoms with Crippen LogP contribution in [0.15, 0.2) is 73.3 Å². The number of ether oxygens (including phenoxy) is 3. The molecule has 1 aliphatic heterocycles. The standard InChI is InChI=1S/C26H22ClFN4O5/c1-25(28)24(32-15-31-19-20(27)29-14-30-21(19)32)36-18(13-35-22(33)16-9-5-3-6-10-16)26(25,2)37-23(34)17-11-7-4-8-12-17/h3-12,14-15,18,24H,13H2,1-2H3/t18-,24+,25+,26+/m1/s1. The van der Waals surface area contributed by atoms with Gasteiger partial charge in [0, 0.05) is 0 Å². The molecule has 0 saturated carbocycles. The Morgan fingerprint density at radius 3 is 2.27 bits per heavy atom. The van der Waals surface area contributed by atoms with Crippen LogP contribution in [-0.2, 0) is 14.2 Å². The lowest BCUT2D eigenvalue weighted by molar-refractivity contribution is -0.104. The third-order valence-corrected chi connectivity index (χ3v) is 6.87. The maximum Gasteiger partial charge on any atom is 0.338 e. The molecule has 0 spiro atoms. The van der Waals surface area contributed by atoms with E-state index in [1.54, 1.807) is 60.7 Å². The largest absolute Gasteiger partial charge is 0.459 e. The van der Waals surface area contributed by atoms with Crippen LogP contribution in [0.4, 0.5) is 4.39 Å². The van der Waals surface area contributed by atoms with Crippen LogP contribution in [0.25, 0.3) is 11.2 Å². The predicted molar refractivity (Wildman–Crippen MR) is 131 cm³/mol. The summed E-state index contributed by atoms with van der Waals surface area (Å²) in [5.41, 5.74) is -3.18. The van der Waals surface area contributed by atoms with Crippen molar-refractivity contribution in [3.05, 3.63) is 89.6 Å². The van der Waals surface area contributed by atoms with E-state index in [4.69, 9.17) is 25.8 Å². The number of esters is 2. The molecule has 37 heavy (non-hydrogen) atoms. The Morgan fingerprint density at radius 1 is 1.00 bits per heavy atom. The number of carbonyl (C=O) groups is 2. The minimum absolute atomic E-state index is 0.0916. The molecule has 0 unspecified atom stereocenters. The molecule has 0 radical (unpaired) electrons. The summed E-state index contributed by atoms with van der Waals surface area (Å²) in [4.78, 5) is 37.9. The van der Waals surface area contributed by atoms with Crippen molar-refractivity contribution in [2.75, 3.05) is 6.61 Å². The summed E-state index contributed by atoms with van der Waals surface area (Å²) in [6.45, 7) is 2.28. The van der Waals surface area contributed by atoms with Crippen molar-refractivity contribution in [3.63, 3.8) is 0 Å². The Balaban J connectivity index is 1.50. The second kappa shape index (κ2) is 9.53. The third kappa shape index (κ3) is 4.32. The Morgan fingerprint density at radius 2 is 1.62 bits per heavy atom. The van der Waals surface area contributed by atoms with Gasteiger partial charge in [-0.05, 0) is 38.1 Å². The Bertz CT molecular complexity index is 1450. The number of fused-ring (bicyclic) bond motifs is 1. The van der Waals surface area contributed by atoms with Crippen molar-refractivity contribution in [3.8, 4) is 0 Å². The first-order valence-corrected chi connectivity index (χ1v) is 11.8. The molecule has 1 fully saturated rings. The highest BCUT2D eigenvalue weighted by Crippen LogP contribution is 2.51. The molecule has 2 aromatic heterocycles. The zero-order valence-electron chi connectivity index (χ0n) is 19.9. The first kappa shape index (κ1) is 24.8. The Kier molecular flexibility index (Phi) is 6.38. The lowest BCUT2D eigenvalue weighted by Crippen LogP contribution is -2.55. The van der Waals surface area contributed by atoms with E-state index >= 15 is 4.39 Å². The summed E-state index contributed by atoms with van der Waals surface area (Å²) < 4.78 is 35.5. The summed E-state index contributed by atoms with van der Waals surface area (Å²) in [5.74, 6) is -1.38. The number of halogens is 2. The quantitative estimate of drug-likeness (QED) is 0.266. The molecule has 4 aromatic rings. The molecular formula is C26H22ClFN4O5. The molecule has 5 rings (SSSR count). The average molecular weight is 525 g/mol. The molecule has 9 nitrogen and oxygen atoms in total. The predicted octanol–water partition coefficient (Wildman–Crippen LogP) is 4.58. The van der Waals surface area contributed by atoms with E-state index in [1.165, 1.54) is 31.1 Å². The van der Waals surface area contributed by atoms with E-state index in [0.717, 1.165) is 0 Å². The van der Waals surface area contributed by atoms with E-state index in [0.29, 0.717) is 5.56 Å². The van der Waals surface area contributed by atoms with Gasteiger partial charge in [0.05, 0.1) is 17.5 Å². The van der Waals surface area contributed by atoms with Crippen LogP contribution >= 0.6 is 11.6 Å². The van der Waals surface area contributed by atoms with E-state index in [-0.39, 0.29) is 28.5 Å². The third-order valence-electron chi connectivity index (χ3n) is 6.60. The van der Waals surface area contributed by atoms with Gasteiger partial charge in [-0.25, -0.2) is 28.9 Å². The van der Waals surface area contributed by atoms with Gasteiger partial charge in [0.15, 0.2) is 28.3 Å². The second-order valence-electron chi connectivity index (χ2n) is 8.87. The highest BCUT2D eigenvalue weighted by Gasteiger charge is 2.67. The van der Waals surface area contributed by atoms with Gasteiger partial charge in [-0.3, -0.25) is 4.57 Å². The SMILES string of the molecule is C[C@]1(F)[C@@H](n2cnc3c(Cl)ncnc32)O[C@H](COC(=O)c2ccccc2)[C@]1(C)OC(=O)c1ccccc1. The van der Waals surface area contributed by atoms with Crippen LogP contribution in [0.2, 0.25) is 5.15 Å². The van der Waals surface area contributed by atoms with Gasteiger partial charge in [0.1, 0.15) is 24.6 Å². The van der Waals surface area contributed by atoms with Crippen molar-refractivity contribution in [2.24, 2.45) is 0 Å². The summed E-state index contributed by atoms with van der Waals surface area (Å²) in [6, 6.07) is 16.5. The van der Waals surface area contributed by atoms with Crippen LogP contribution in [0.1, 0.15) is 40.8 Å². The van der Waals surface area contributed by atoms with E-state index in [1.807, 2.05) is 0 Å². The molecule has 0 bridgehead atoms. The van der Waals surface area contributed by atoms with Crippen LogP contribution in [0.3, 0.4) is 0 Å². The van der Waals surface area contributed by atoms with Crippen molar-refractivity contribution >= 4 is 34.7 Å². The molecule has 0 amide bonds. The maximum absolute atomic E-state index is 16.8. The molecule has 4 atom stereocenters. The maximum atomic E-state index is 16.8. The first-order valence-electron chi connectivity index (χ1n) is 11.4. The zero-order valence-corrected chi connectivity index (χ0v) is 20.6. The molecule has 190 valence electrons. The number of hydrogen-bond acceptors (Lipinski definition) is 8. The van der Waals surface area contributed by atoms with E-state index in [2.05, 4.69) is 15.0 Å². The van der Waals surface area contributed by atoms with Gasteiger partial charge in [0.2, 0.25) is 0 Å². The lowest BCUT2D eigenvalue weighted by Gasteiger charge is -2.37. The van der Waals surface area contributed by atoms with Gasteiger partial charge in [0.25, 0.3) is 0 Å². The average Bonchev–Trinajstić information content (AvgIpc) is 3.41. The fraction of sp³-hybridized carbons (Fsp3) is 0.269. The Hall–Kier alpha value is -3.89. The minimum Gasteiger partial charge on any atom is -0.459 e. The molecule has 0 aliphatic carbocycles. The van der Waals surface area contributed by atoms with Crippen LogP contribution < -0.4 is 0 Å². The van der Waals surface area contributed by atoms with Gasteiger partial charge < -0.3 is 14.2 Å². The van der Waals surface area contributed by atoms with Crippen molar-refractivity contribution in [1.29, 1.82) is 0 Å². The zero-order chi connectivity index (χ0) is 26.2. The van der Waals surface area contributed by atoms with Crippen molar-refractivity contribution in [1.82, 2.24) is 19.5 Å². The number of hydrogen-bond donors (Lipinski definition) is 0. The number of rotatable bonds is 6. The van der Waals surface area contributed by atoms with Crippen LogP contribution in [0.5, 0.6) is 0 Å².